The predicted octanol–water partition coefficient (Wildman–Crippen LogP) is 13.9. The minimum Gasteiger partial charge on any atom is -0.394 e. The second-order valence-electron chi connectivity index (χ2n) is 28.5. The van der Waals surface area contributed by atoms with Gasteiger partial charge in [0.25, 0.3) is 0 Å². The molecule has 3 aliphatic heterocycles. The van der Waals surface area contributed by atoms with Crippen molar-refractivity contribution in [2.24, 2.45) is 0 Å². The number of carbonyl (C=O) groups excluding carboxylic acids is 1. The number of aliphatic hydroxyl groups is 11. The second-order valence-corrected chi connectivity index (χ2v) is 28.5. The van der Waals surface area contributed by atoms with E-state index in [2.05, 4.69) is 129 Å². The molecule has 17 unspecified atom stereocenters. The highest BCUT2D eigenvalue weighted by Gasteiger charge is 2.54. The van der Waals surface area contributed by atoms with Gasteiger partial charge in [0.05, 0.1) is 38.6 Å². The Morgan fingerprint density at radius 2 is 0.673 bits per heavy atom. The van der Waals surface area contributed by atoms with Crippen molar-refractivity contribution < 1.29 is 89.4 Å². The number of ether oxygens (including phenoxy) is 6. The zero-order chi connectivity index (χ0) is 75.3. The zero-order valence-corrected chi connectivity index (χ0v) is 64.0. The van der Waals surface area contributed by atoms with E-state index in [0.717, 1.165) is 103 Å². The Hall–Kier alpha value is -3.81. The Morgan fingerprint density at radius 1 is 0.356 bits per heavy atom. The summed E-state index contributed by atoms with van der Waals surface area (Å²) in [5.74, 6) is -0.288. The van der Waals surface area contributed by atoms with E-state index < -0.39 is 124 Å². The third kappa shape index (κ3) is 43.4. The normalized spacial score (nSPS) is 26.6. The first-order valence-electron chi connectivity index (χ1n) is 40.8. The molecule has 0 aliphatic carbocycles. The number of aliphatic hydroxyl groups excluding tert-OH is 11. The van der Waals surface area contributed by atoms with E-state index in [9.17, 15) is 61.0 Å². The summed E-state index contributed by atoms with van der Waals surface area (Å²) in [5.41, 5.74) is 0. The molecule has 0 saturated carbocycles. The van der Waals surface area contributed by atoms with Crippen LogP contribution in [-0.2, 0) is 33.2 Å². The van der Waals surface area contributed by atoms with E-state index in [1.54, 1.807) is 6.08 Å². The standard InChI is InChI=1S/C85H145NO18/c1-3-5-7-9-11-13-15-17-19-21-23-25-26-27-28-29-30-31-32-33-34-35-36-37-38-39-40-41-42-43-45-47-49-51-53-55-57-59-61-63-73(91)86-68(69(90)62-60-58-56-54-52-50-48-46-44-24-22-20-18-16-14-12-10-8-6-4-2)67-99-83-79(97)76(94)81(71(65-88)101-83)104-85-80(98)77(95)82(72(66-89)102-85)103-84-78(96)75(93)74(92)70(64-87)100-84/h5,7,11,13,17,19,23,25,27-28,30-31,33-34,36-37,52,54,60,62,68-72,74-85,87-90,92-98H,3-4,6,8-10,12,14-16,18,20-22,24,26,29,32,35,38-51,53,55-59,61,63-67H2,1-2H3,(H,86,91)/b7-5-,13-11-,19-17-,25-23-,28-27-,31-30-,34-33-,37-36-,54-52+,62-60+. The SMILES string of the molecule is CC/C=C\C/C=C\C/C=C\C/C=C\C/C=C\C/C=C\C/C=C\C/C=C\CCCCCCCCCCCCCCCCC(=O)NC(COC1OC(CO)C(OC2OC(CO)C(OC3OC(CO)C(O)C(O)C3O)C(O)C2O)C(O)C1O)C(O)/C=C/CC/C=C/CCCCCCCCCCCCCCCC. The van der Waals surface area contributed by atoms with E-state index in [1.165, 1.54) is 141 Å². The molecule has 3 aliphatic rings. The average molecular weight is 1470 g/mol. The molecule has 0 aromatic heterocycles. The lowest BCUT2D eigenvalue weighted by Crippen LogP contribution is -2.66. The molecule has 104 heavy (non-hydrogen) atoms. The maximum atomic E-state index is 13.5. The fourth-order valence-corrected chi connectivity index (χ4v) is 13.0. The number of allylic oxidation sites excluding steroid dienone is 19. The monoisotopic (exact) mass is 1470 g/mol. The van der Waals surface area contributed by atoms with Crippen LogP contribution in [0.2, 0.25) is 0 Å². The van der Waals surface area contributed by atoms with E-state index in [0.29, 0.717) is 12.8 Å². The Labute approximate surface area is 627 Å². The number of nitrogens with one attached hydrogen (secondary N) is 1. The summed E-state index contributed by atoms with van der Waals surface area (Å²) in [5, 5.41) is 121. The molecule has 3 heterocycles. The van der Waals surface area contributed by atoms with Crippen LogP contribution in [0.4, 0.5) is 0 Å². The number of unbranched alkanes of at least 4 members (excludes halogenated alkanes) is 29. The lowest BCUT2D eigenvalue weighted by Gasteiger charge is -2.48. The zero-order valence-electron chi connectivity index (χ0n) is 64.0. The highest BCUT2D eigenvalue weighted by molar-refractivity contribution is 5.76. The second kappa shape index (κ2) is 64.1. The minimum absolute atomic E-state index is 0.229. The molecule has 17 atom stereocenters. The van der Waals surface area contributed by atoms with Crippen LogP contribution in [0.15, 0.2) is 122 Å². The highest BCUT2D eigenvalue weighted by atomic mass is 16.8. The van der Waals surface area contributed by atoms with Crippen molar-refractivity contribution in [3.8, 4) is 0 Å². The molecule has 0 bridgehead atoms. The van der Waals surface area contributed by atoms with E-state index >= 15 is 0 Å². The van der Waals surface area contributed by atoms with Crippen LogP contribution in [0.5, 0.6) is 0 Å². The van der Waals surface area contributed by atoms with Gasteiger partial charge in [-0.25, -0.2) is 0 Å². The van der Waals surface area contributed by atoms with Gasteiger partial charge in [-0.3, -0.25) is 4.79 Å². The third-order valence-corrected chi connectivity index (χ3v) is 19.5. The summed E-state index contributed by atoms with van der Waals surface area (Å²) >= 11 is 0. The molecule has 1 amide bonds. The third-order valence-electron chi connectivity index (χ3n) is 19.5. The fraction of sp³-hybridized carbons (Fsp3) is 0.753. The van der Waals surface area contributed by atoms with Crippen LogP contribution in [0.25, 0.3) is 0 Å². The van der Waals surface area contributed by atoms with Gasteiger partial charge in [0.1, 0.15) is 73.2 Å². The number of hydrogen-bond acceptors (Lipinski definition) is 18. The van der Waals surface area contributed by atoms with E-state index in [-0.39, 0.29) is 18.9 Å². The highest BCUT2D eigenvalue weighted by Crippen LogP contribution is 2.33. The molecule has 3 saturated heterocycles. The molecule has 0 aromatic carbocycles. The molecule has 0 radical (unpaired) electrons. The first kappa shape index (κ1) is 94.4. The molecule has 3 fully saturated rings. The average Bonchev–Trinajstić information content (AvgIpc) is 0.783. The minimum atomic E-state index is -1.99. The van der Waals surface area contributed by atoms with Gasteiger partial charge >= 0.3 is 0 Å². The van der Waals surface area contributed by atoms with Gasteiger partial charge in [-0.05, 0) is 96.3 Å². The molecule has 12 N–H and O–H groups in total. The summed E-state index contributed by atoms with van der Waals surface area (Å²) in [7, 11) is 0. The maximum Gasteiger partial charge on any atom is 0.220 e. The lowest BCUT2D eigenvalue weighted by molar-refractivity contribution is -0.379. The van der Waals surface area contributed by atoms with Crippen molar-refractivity contribution in [3.63, 3.8) is 0 Å². The van der Waals surface area contributed by atoms with Crippen LogP contribution >= 0.6 is 0 Å². The topological polar surface area (TPSA) is 307 Å². The molecule has 0 aromatic rings. The van der Waals surface area contributed by atoms with Gasteiger partial charge in [-0.2, -0.15) is 0 Å². The van der Waals surface area contributed by atoms with Crippen molar-refractivity contribution in [3.05, 3.63) is 122 Å². The number of carbonyl (C=O) groups is 1. The summed E-state index contributed by atoms with van der Waals surface area (Å²) in [6, 6.07) is -0.998. The van der Waals surface area contributed by atoms with Crippen LogP contribution in [0.3, 0.4) is 0 Å². The van der Waals surface area contributed by atoms with Gasteiger partial charge in [-0.15, -0.1) is 0 Å². The summed E-state index contributed by atoms with van der Waals surface area (Å²) in [6.07, 6.45) is 63.3. The molecule has 3 rings (SSSR count). The summed E-state index contributed by atoms with van der Waals surface area (Å²) in [4.78, 5) is 13.5. The quantitative estimate of drug-likeness (QED) is 0.0199. The fourth-order valence-electron chi connectivity index (χ4n) is 13.0. The van der Waals surface area contributed by atoms with Crippen LogP contribution in [-0.4, -0.2) is 193 Å². The lowest BCUT2D eigenvalue weighted by atomic mass is 9.96. The van der Waals surface area contributed by atoms with Crippen molar-refractivity contribution >= 4 is 5.91 Å². The summed E-state index contributed by atoms with van der Waals surface area (Å²) < 4.78 is 34.4. The molecule has 598 valence electrons. The molecular weight excluding hydrogens is 1320 g/mol. The Bertz CT molecular complexity index is 2350. The first-order valence-corrected chi connectivity index (χ1v) is 40.8. The number of hydrogen-bond donors (Lipinski definition) is 12. The first-order chi connectivity index (χ1) is 50.8. The maximum absolute atomic E-state index is 13.5. The van der Waals surface area contributed by atoms with Crippen molar-refractivity contribution in [1.29, 1.82) is 0 Å². The van der Waals surface area contributed by atoms with Gasteiger partial charge in [0.15, 0.2) is 18.9 Å². The van der Waals surface area contributed by atoms with Crippen molar-refractivity contribution in [1.82, 2.24) is 5.32 Å². The number of amides is 1. The van der Waals surface area contributed by atoms with Crippen LogP contribution in [0, 0.1) is 0 Å². The predicted molar refractivity (Wildman–Crippen MR) is 415 cm³/mol. The number of rotatable bonds is 63. The van der Waals surface area contributed by atoms with Gasteiger partial charge in [0.2, 0.25) is 5.91 Å². The Kier molecular flexibility index (Phi) is 58.1. The van der Waals surface area contributed by atoms with Gasteiger partial charge in [0, 0.05) is 6.42 Å². The van der Waals surface area contributed by atoms with Crippen LogP contribution < -0.4 is 5.32 Å². The summed E-state index contributed by atoms with van der Waals surface area (Å²) in [6.45, 7) is 1.61. The molecule has 0 spiro atoms. The smallest absolute Gasteiger partial charge is 0.220 e. The molecule has 19 heteroatoms. The van der Waals surface area contributed by atoms with Gasteiger partial charge < -0.3 is 89.9 Å². The van der Waals surface area contributed by atoms with Crippen molar-refractivity contribution in [2.45, 2.75) is 381 Å². The van der Waals surface area contributed by atoms with E-state index in [1.807, 2.05) is 6.08 Å². The Balaban J connectivity index is 1.34. The Morgan fingerprint density at radius 3 is 1.08 bits per heavy atom. The molecular formula is C85H145NO18. The van der Waals surface area contributed by atoms with Crippen LogP contribution in [0.1, 0.15) is 277 Å². The molecule has 19 nitrogen and oxygen atoms in total. The van der Waals surface area contributed by atoms with Crippen molar-refractivity contribution in [2.75, 3.05) is 26.4 Å². The van der Waals surface area contributed by atoms with Gasteiger partial charge in [-0.1, -0.05) is 296 Å². The van der Waals surface area contributed by atoms with E-state index in [4.69, 9.17) is 28.4 Å². The largest absolute Gasteiger partial charge is 0.394 e.